The van der Waals surface area contributed by atoms with E-state index in [4.69, 9.17) is 11.6 Å². The Kier molecular flexibility index (Phi) is 6.55. The zero-order valence-electron chi connectivity index (χ0n) is 13.9. The number of thioether (sulfide) groups is 1. The van der Waals surface area contributed by atoms with Crippen LogP contribution in [0, 0.1) is 11.6 Å². The number of benzene rings is 2. The minimum Gasteiger partial charge on any atom is -0.325 e. The van der Waals surface area contributed by atoms with Crippen LogP contribution in [0.2, 0.25) is 5.02 Å². The third kappa shape index (κ3) is 5.24. The molecule has 0 unspecified atom stereocenters. The highest BCUT2D eigenvalue weighted by molar-refractivity contribution is 8.01. The van der Waals surface area contributed by atoms with Crippen LogP contribution in [0.5, 0.6) is 0 Å². The van der Waals surface area contributed by atoms with Crippen molar-refractivity contribution in [1.29, 1.82) is 0 Å². The topological polar surface area (TPSA) is 84.0 Å². The monoisotopic (exact) mass is 440 g/mol. The Hall–Kier alpha value is -2.56. The molecule has 0 aliphatic rings. The Bertz CT molecular complexity index is 994. The Labute approximate surface area is 171 Å². The van der Waals surface area contributed by atoms with E-state index in [0.717, 1.165) is 41.3 Å². The number of aromatic nitrogens is 2. The first-order valence-corrected chi connectivity index (χ1v) is 9.87. The van der Waals surface area contributed by atoms with Crippen LogP contribution in [-0.2, 0) is 4.79 Å². The molecule has 3 rings (SSSR count). The van der Waals surface area contributed by atoms with Gasteiger partial charge in [0.2, 0.25) is 11.0 Å². The number of hydrogen-bond acceptors (Lipinski definition) is 6. The van der Waals surface area contributed by atoms with Gasteiger partial charge in [0, 0.05) is 10.7 Å². The van der Waals surface area contributed by atoms with E-state index in [2.05, 4.69) is 20.8 Å². The Morgan fingerprint density at radius 1 is 1.04 bits per heavy atom. The number of nitrogens with zero attached hydrogens (tertiary/aromatic N) is 2. The Morgan fingerprint density at radius 2 is 1.71 bits per heavy atom. The normalized spacial score (nSPS) is 10.5. The molecule has 3 aromatic rings. The number of nitrogens with one attached hydrogen (secondary N) is 2. The predicted molar refractivity (Wildman–Crippen MR) is 105 cm³/mol. The molecule has 0 radical (unpaired) electrons. The average Bonchev–Trinajstić information content (AvgIpc) is 3.09. The molecule has 1 aromatic heterocycles. The molecule has 6 nitrogen and oxygen atoms in total. The molecule has 0 aliphatic carbocycles. The summed E-state index contributed by atoms with van der Waals surface area (Å²) in [5.74, 6) is -3.12. The number of amides is 2. The minimum absolute atomic E-state index is 0.0626. The van der Waals surface area contributed by atoms with Crippen molar-refractivity contribution in [1.82, 2.24) is 10.2 Å². The quantitative estimate of drug-likeness (QED) is 0.437. The summed E-state index contributed by atoms with van der Waals surface area (Å²) in [6.07, 6.45) is 0. The van der Waals surface area contributed by atoms with Crippen molar-refractivity contribution in [3.63, 3.8) is 0 Å². The minimum atomic E-state index is -0.976. The van der Waals surface area contributed by atoms with Gasteiger partial charge in [-0.05, 0) is 36.4 Å². The van der Waals surface area contributed by atoms with E-state index in [1.165, 1.54) is 0 Å². The molecule has 2 aromatic carbocycles. The molecule has 2 amide bonds. The number of anilines is 2. The van der Waals surface area contributed by atoms with Crippen molar-refractivity contribution in [3.8, 4) is 0 Å². The fourth-order valence-electron chi connectivity index (χ4n) is 2.05. The van der Waals surface area contributed by atoms with E-state index in [1.54, 1.807) is 24.3 Å². The van der Waals surface area contributed by atoms with Gasteiger partial charge in [-0.25, -0.2) is 8.78 Å². The Morgan fingerprint density at radius 3 is 2.39 bits per heavy atom. The smallest absolute Gasteiger partial charge is 0.263 e. The van der Waals surface area contributed by atoms with Crippen LogP contribution in [-0.4, -0.2) is 27.8 Å². The van der Waals surface area contributed by atoms with Gasteiger partial charge in [0.25, 0.3) is 5.91 Å². The lowest BCUT2D eigenvalue weighted by Crippen LogP contribution is -2.15. The summed E-state index contributed by atoms with van der Waals surface area (Å²) in [4.78, 5) is 24.0. The highest BCUT2D eigenvalue weighted by atomic mass is 35.5. The maximum absolute atomic E-state index is 13.6. The van der Waals surface area contributed by atoms with E-state index < -0.39 is 23.1 Å². The molecule has 2 N–H and O–H groups in total. The SMILES string of the molecule is O=C(CSc1nnc(NC(=O)c2c(F)cccc2F)s1)Nc1ccc(Cl)cc1. The van der Waals surface area contributed by atoms with Gasteiger partial charge in [0.15, 0.2) is 4.34 Å². The van der Waals surface area contributed by atoms with E-state index in [1.807, 2.05) is 0 Å². The van der Waals surface area contributed by atoms with Gasteiger partial charge in [-0.3, -0.25) is 14.9 Å². The lowest BCUT2D eigenvalue weighted by molar-refractivity contribution is -0.113. The molecule has 0 aliphatic heterocycles. The highest BCUT2D eigenvalue weighted by Crippen LogP contribution is 2.26. The fourth-order valence-corrected chi connectivity index (χ4v) is 3.72. The maximum Gasteiger partial charge on any atom is 0.263 e. The number of hydrogen-bond donors (Lipinski definition) is 2. The molecule has 0 atom stereocenters. The average molecular weight is 441 g/mol. The molecule has 28 heavy (non-hydrogen) atoms. The van der Waals surface area contributed by atoms with Gasteiger partial charge in [-0.1, -0.05) is 40.8 Å². The second-order valence-electron chi connectivity index (χ2n) is 5.27. The van der Waals surface area contributed by atoms with Crippen LogP contribution >= 0.6 is 34.7 Å². The molecule has 144 valence electrons. The first-order chi connectivity index (χ1) is 13.4. The summed E-state index contributed by atoms with van der Waals surface area (Å²) in [5, 5.41) is 13.2. The van der Waals surface area contributed by atoms with Gasteiger partial charge in [-0.15, -0.1) is 10.2 Å². The number of carbonyl (C=O) groups excluding carboxylic acids is 2. The zero-order chi connectivity index (χ0) is 20.1. The van der Waals surface area contributed by atoms with Crippen molar-refractivity contribution in [2.45, 2.75) is 4.34 Å². The van der Waals surface area contributed by atoms with E-state index in [9.17, 15) is 18.4 Å². The maximum atomic E-state index is 13.6. The van der Waals surface area contributed by atoms with Crippen LogP contribution < -0.4 is 10.6 Å². The fraction of sp³-hybridized carbons (Fsp3) is 0.0588. The molecule has 0 bridgehead atoms. The molecule has 0 fully saturated rings. The zero-order valence-corrected chi connectivity index (χ0v) is 16.3. The first-order valence-electron chi connectivity index (χ1n) is 7.69. The summed E-state index contributed by atoms with van der Waals surface area (Å²) in [6.45, 7) is 0. The summed E-state index contributed by atoms with van der Waals surface area (Å²) in [5.41, 5.74) is -0.0959. The lowest BCUT2D eigenvalue weighted by Gasteiger charge is -2.04. The molecular formula is C17H11ClF2N4O2S2. The van der Waals surface area contributed by atoms with Crippen molar-refractivity contribution < 1.29 is 18.4 Å². The summed E-state index contributed by atoms with van der Waals surface area (Å²) < 4.78 is 27.7. The van der Waals surface area contributed by atoms with Crippen molar-refractivity contribution in [3.05, 3.63) is 64.7 Å². The molecule has 0 saturated heterocycles. The van der Waals surface area contributed by atoms with Crippen LogP contribution in [0.1, 0.15) is 10.4 Å². The second kappa shape index (κ2) is 9.09. The third-order valence-corrected chi connectivity index (χ3v) is 5.50. The van der Waals surface area contributed by atoms with E-state index in [-0.39, 0.29) is 16.8 Å². The van der Waals surface area contributed by atoms with E-state index >= 15 is 0 Å². The predicted octanol–water partition coefficient (Wildman–Crippen LogP) is 4.45. The van der Waals surface area contributed by atoms with Gasteiger partial charge in [0.1, 0.15) is 17.2 Å². The highest BCUT2D eigenvalue weighted by Gasteiger charge is 2.19. The molecule has 0 spiro atoms. The van der Waals surface area contributed by atoms with Crippen molar-refractivity contribution in [2.75, 3.05) is 16.4 Å². The Balaban J connectivity index is 1.54. The molecule has 11 heteroatoms. The summed E-state index contributed by atoms with van der Waals surface area (Å²) in [6, 6.07) is 9.79. The van der Waals surface area contributed by atoms with Gasteiger partial charge in [-0.2, -0.15) is 0 Å². The van der Waals surface area contributed by atoms with Crippen molar-refractivity contribution >= 4 is 57.3 Å². The summed E-state index contributed by atoms with van der Waals surface area (Å²) in [7, 11) is 0. The van der Waals surface area contributed by atoms with Crippen molar-refractivity contribution in [2.24, 2.45) is 0 Å². The largest absolute Gasteiger partial charge is 0.325 e. The van der Waals surface area contributed by atoms with Crippen LogP contribution in [0.3, 0.4) is 0 Å². The van der Waals surface area contributed by atoms with Crippen LogP contribution in [0.4, 0.5) is 19.6 Å². The second-order valence-corrected chi connectivity index (χ2v) is 7.90. The van der Waals surface area contributed by atoms with E-state index in [0.29, 0.717) is 15.0 Å². The van der Waals surface area contributed by atoms with Crippen LogP contribution in [0.15, 0.2) is 46.8 Å². The third-order valence-electron chi connectivity index (χ3n) is 3.27. The standard InChI is InChI=1S/C17H11ClF2N4O2S2/c18-9-4-6-10(7-5-9)21-13(25)8-27-17-24-23-16(28-17)22-15(26)14-11(19)2-1-3-12(14)20/h1-7H,8H2,(H,21,25)(H,22,23,26). The lowest BCUT2D eigenvalue weighted by atomic mass is 10.2. The number of rotatable bonds is 6. The van der Waals surface area contributed by atoms with Crippen LogP contribution in [0.25, 0.3) is 0 Å². The van der Waals surface area contributed by atoms with Gasteiger partial charge in [0.05, 0.1) is 5.75 Å². The molecular weight excluding hydrogens is 430 g/mol. The van der Waals surface area contributed by atoms with Gasteiger partial charge >= 0.3 is 0 Å². The summed E-state index contributed by atoms with van der Waals surface area (Å²) >= 11 is 7.87. The number of carbonyl (C=O) groups is 2. The molecule has 0 saturated carbocycles. The first kappa shape index (κ1) is 20.2. The number of halogens is 3. The molecule has 1 heterocycles. The van der Waals surface area contributed by atoms with Gasteiger partial charge < -0.3 is 5.32 Å².